The summed E-state index contributed by atoms with van der Waals surface area (Å²) in [6.45, 7) is 4.60. The summed E-state index contributed by atoms with van der Waals surface area (Å²) in [5, 5.41) is 3.98. The molecule has 1 aliphatic rings. The number of ether oxygens (including phenoxy) is 3. The zero-order chi connectivity index (χ0) is 18.1. The second kappa shape index (κ2) is 9.80. The lowest BCUT2D eigenvalue weighted by Gasteiger charge is -2.26. The Morgan fingerprint density at radius 1 is 1.40 bits per heavy atom. The van der Waals surface area contributed by atoms with Crippen LogP contribution in [0.4, 0.5) is 0 Å². The molecule has 1 aromatic carbocycles. The lowest BCUT2D eigenvalue weighted by molar-refractivity contribution is -0.137. The maximum absolute atomic E-state index is 12.2. The highest BCUT2D eigenvalue weighted by atomic mass is 32.1. The van der Waals surface area contributed by atoms with E-state index in [0.29, 0.717) is 44.4 Å². The standard InChI is InChI=1S/C16H22N4O4S/c1-2-23-14-9-12(10-18-19-16(17)25)3-4-13(14)24-11-15(21)20-5-7-22-8-6-20/h3-4,9-10H,2,5-8,11H2,1H3,(H3,17,19,25)/b18-10-. The van der Waals surface area contributed by atoms with E-state index in [4.69, 9.17) is 19.9 Å². The van der Waals surface area contributed by atoms with Crippen LogP contribution in [0.2, 0.25) is 0 Å². The molecule has 1 saturated heterocycles. The van der Waals surface area contributed by atoms with Crippen molar-refractivity contribution < 1.29 is 19.0 Å². The number of hydrogen-bond acceptors (Lipinski definition) is 6. The molecule has 1 aromatic rings. The quantitative estimate of drug-likeness (QED) is 0.412. The molecular weight excluding hydrogens is 344 g/mol. The van der Waals surface area contributed by atoms with Crippen molar-refractivity contribution in [2.75, 3.05) is 39.5 Å². The molecule has 1 heterocycles. The van der Waals surface area contributed by atoms with Crippen LogP contribution in [0, 0.1) is 0 Å². The zero-order valence-corrected chi connectivity index (χ0v) is 14.9. The average molecular weight is 366 g/mol. The smallest absolute Gasteiger partial charge is 0.260 e. The highest BCUT2D eigenvalue weighted by Gasteiger charge is 2.18. The van der Waals surface area contributed by atoms with E-state index in [1.54, 1.807) is 29.3 Å². The summed E-state index contributed by atoms with van der Waals surface area (Å²) in [6, 6.07) is 5.30. The first-order chi connectivity index (χ1) is 12.1. The monoisotopic (exact) mass is 366 g/mol. The Morgan fingerprint density at radius 3 is 2.84 bits per heavy atom. The van der Waals surface area contributed by atoms with Gasteiger partial charge in [0.1, 0.15) is 0 Å². The predicted octanol–water partition coefficient (Wildman–Crippen LogP) is 0.490. The van der Waals surface area contributed by atoms with E-state index >= 15 is 0 Å². The number of amides is 1. The first kappa shape index (κ1) is 18.9. The van der Waals surface area contributed by atoms with E-state index < -0.39 is 0 Å². The fraction of sp³-hybridized carbons (Fsp3) is 0.438. The number of benzene rings is 1. The van der Waals surface area contributed by atoms with Crippen LogP contribution in [0.3, 0.4) is 0 Å². The van der Waals surface area contributed by atoms with Crippen molar-refractivity contribution in [2.45, 2.75) is 6.92 Å². The molecule has 0 aliphatic carbocycles. The van der Waals surface area contributed by atoms with Crippen LogP contribution in [-0.2, 0) is 9.53 Å². The van der Waals surface area contributed by atoms with Gasteiger partial charge in [0.25, 0.3) is 5.91 Å². The maximum atomic E-state index is 12.2. The molecular formula is C16H22N4O4S. The third kappa shape index (κ3) is 6.20. The molecule has 9 heteroatoms. The third-order valence-electron chi connectivity index (χ3n) is 3.37. The van der Waals surface area contributed by atoms with Gasteiger partial charge in [0.05, 0.1) is 26.0 Å². The van der Waals surface area contributed by atoms with Crippen LogP contribution in [0.25, 0.3) is 0 Å². The van der Waals surface area contributed by atoms with Crippen LogP contribution in [0.15, 0.2) is 23.3 Å². The molecule has 0 aromatic heterocycles. The van der Waals surface area contributed by atoms with Crippen LogP contribution in [0.5, 0.6) is 11.5 Å². The van der Waals surface area contributed by atoms with Crippen molar-refractivity contribution in [1.82, 2.24) is 10.3 Å². The summed E-state index contributed by atoms with van der Waals surface area (Å²) < 4.78 is 16.5. The van der Waals surface area contributed by atoms with Crippen LogP contribution in [-0.4, -0.2) is 61.7 Å². The molecule has 0 bridgehead atoms. The second-order valence-corrected chi connectivity index (χ2v) is 5.60. The second-order valence-electron chi connectivity index (χ2n) is 5.16. The highest BCUT2D eigenvalue weighted by molar-refractivity contribution is 7.80. The minimum absolute atomic E-state index is 0.0451. The Balaban J connectivity index is 1.99. The van der Waals surface area contributed by atoms with Gasteiger partial charge in [-0.3, -0.25) is 10.2 Å². The summed E-state index contributed by atoms with van der Waals surface area (Å²) in [5.74, 6) is 0.969. The van der Waals surface area contributed by atoms with Gasteiger partial charge in [-0.15, -0.1) is 0 Å². The fourth-order valence-electron chi connectivity index (χ4n) is 2.21. The minimum Gasteiger partial charge on any atom is -0.490 e. The Morgan fingerprint density at radius 2 is 2.16 bits per heavy atom. The number of carbonyl (C=O) groups excluding carboxylic acids is 1. The molecule has 2 rings (SSSR count). The van der Waals surface area contributed by atoms with Crippen molar-refractivity contribution in [2.24, 2.45) is 10.8 Å². The average Bonchev–Trinajstić information content (AvgIpc) is 2.61. The molecule has 0 unspecified atom stereocenters. The first-order valence-corrected chi connectivity index (χ1v) is 8.34. The van der Waals surface area contributed by atoms with Gasteiger partial charge < -0.3 is 24.8 Å². The van der Waals surface area contributed by atoms with Crippen molar-refractivity contribution in [3.8, 4) is 11.5 Å². The number of thiocarbonyl (C=S) groups is 1. The Hall–Kier alpha value is -2.39. The molecule has 1 fully saturated rings. The van der Waals surface area contributed by atoms with E-state index in [1.807, 2.05) is 6.92 Å². The van der Waals surface area contributed by atoms with Gasteiger partial charge in [-0.1, -0.05) is 0 Å². The number of hydrazone groups is 1. The summed E-state index contributed by atoms with van der Waals surface area (Å²) >= 11 is 4.68. The molecule has 3 N–H and O–H groups in total. The summed E-state index contributed by atoms with van der Waals surface area (Å²) in [6.07, 6.45) is 1.56. The van der Waals surface area contributed by atoms with Crippen molar-refractivity contribution in [3.05, 3.63) is 23.8 Å². The number of carbonyl (C=O) groups is 1. The molecule has 0 saturated carbocycles. The van der Waals surface area contributed by atoms with Gasteiger partial charge in [0.2, 0.25) is 0 Å². The van der Waals surface area contributed by atoms with Crippen LogP contribution < -0.4 is 20.6 Å². The lowest BCUT2D eigenvalue weighted by Crippen LogP contribution is -2.43. The molecule has 0 atom stereocenters. The fourth-order valence-corrected chi connectivity index (χ4v) is 2.26. The molecule has 0 spiro atoms. The molecule has 1 amide bonds. The van der Waals surface area contributed by atoms with Gasteiger partial charge in [0, 0.05) is 13.1 Å². The molecule has 25 heavy (non-hydrogen) atoms. The molecule has 1 aliphatic heterocycles. The number of nitrogens with zero attached hydrogens (tertiary/aromatic N) is 2. The number of morpholine rings is 1. The minimum atomic E-state index is -0.0722. The predicted molar refractivity (Wildman–Crippen MR) is 98.0 cm³/mol. The Bertz CT molecular complexity index is 633. The van der Waals surface area contributed by atoms with Crippen molar-refractivity contribution in [1.29, 1.82) is 0 Å². The van der Waals surface area contributed by atoms with Gasteiger partial charge in [-0.25, -0.2) is 0 Å². The summed E-state index contributed by atoms with van der Waals surface area (Å²) in [7, 11) is 0. The summed E-state index contributed by atoms with van der Waals surface area (Å²) in [4.78, 5) is 13.9. The van der Waals surface area contributed by atoms with Crippen molar-refractivity contribution in [3.63, 3.8) is 0 Å². The van der Waals surface area contributed by atoms with E-state index in [9.17, 15) is 4.79 Å². The Kier molecular flexibility index (Phi) is 7.42. The van der Waals surface area contributed by atoms with Gasteiger partial charge >= 0.3 is 0 Å². The third-order valence-corrected chi connectivity index (χ3v) is 3.46. The summed E-state index contributed by atoms with van der Waals surface area (Å²) in [5.41, 5.74) is 8.57. The largest absolute Gasteiger partial charge is 0.490 e. The van der Waals surface area contributed by atoms with E-state index in [0.717, 1.165) is 5.56 Å². The highest BCUT2D eigenvalue weighted by Crippen LogP contribution is 2.28. The van der Waals surface area contributed by atoms with Gasteiger partial charge in [-0.05, 0) is 42.9 Å². The number of rotatable bonds is 7. The van der Waals surface area contributed by atoms with Gasteiger partial charge in [0.15, 0.2) is 23.2 Å². The van der Waals surface area contributed by atoms with E-state index in [2.05, 4.69) is 22.7 Å². The van der Waals surface area contributed by atoms with E-state index in [1.165, 1.54) is 0 Å². The first-order valence-electron chi connectivity index (χ1n) is 7.94. The Labute approximate surface area is 151 Å². The maximum Gasteiger partial charge on any atom is 0.260 e. The van der Waals surface area contributed by atoms with E-state index in [-0.39, 0.29) is 17.6 Å². The molecule has 136 valence electrons. The zero-order valence-electron chi connectivity index (χ0n) is 14.1. The van der Waals surface area contributed by atoms with Crippen LogP contribution in [0.1, 0.15) is 12.5 Å². The van der Waals surface area contributed by atoms with Crippen molar-refractivity contribution >= 4 is 29.5 Å². The SMILES string of the molecule is CCOc1cc(/C=N\NC(N)=S)ccc1OCC(=O)N1CCOCC1. The van der Waals surface area contributed by atoms with Crippen LogP contribution >= 0.6 is 12.2 Å². The normalized spacial score (nSPS) is 14.4. The van der Waals surface area contributed by atoms with Gasteiger partial charge in [-0.2, -0.15) is 5.10 Å². The number of hydrogen-bond donors (Lipinski definition) is 2. The molecule has 8 nitrogen and oxygen atoms in total. The number of nitrogens with one attached hydrogen (secondary N) is 1. The topological polar surface area (TPSA) is 98.4 Å². The number of nitrogens with two attached hydrogens (primary N) is 1. The lowest BCUT2D eigenvalue weighted by atomic mass is 10.2. The molecule has 0 radical (unpaired) electrons.